The molecule has 8 nitrogen and oxygen atoms in total. The van der Waals surface area contributed by atoms with Crippen LogP contribution in [0.4, 0.5) is 0 Å². The van der Waals surface area contributed by atoms with Gasteiger partial charge in [-0.15, -0.1) is 0 Å². The number of amides is 2. The molecule has 0 radical (unpaired) electrons. The molecule has 3 rings (SSSR count). The van der Waals surface area contributed by atoms with E-state index in [2.05, 4.69) is 5.32 Å². The molecule has 2 amide bonds. The number of halogens is 1. The maximum atomic E-state index is 12.4. The number of rotatable bonds is 10. The van der Waals surface area contributed by atoms with Crippen LogP contribution < -0.4 is 14.8 Å². The fourth-order valence-electron chi connectivity index (χ4n) is 3.84. The zero-order valence-electron chi connectivity index (χ0n) is 19.5. The van der Waals surface area contributed by atoms with Crippen molar-refractivity contribution >= 4 is 29.4 Å². The second kappa shape index (κ2) is 11.7. The summed E-state index contributed by atoms with van der Waals surface area (Å²) in [4.78, 5) is 38.7. The van der Waals surface area contributed by atoms with Gasteiger partial charge in [-0.25, -0.2) is 0 Å². The molecular formula is C25H29ClN2O6. The molecule has 0 bridgehead atoms. The highest BCUT2D eigenvalue weighted by atomic mass is 35.5. The lowest BCUT2D eigenvalue weighted by atomic mass is 10.1. The van der Waals surface area contributed by atoms with Crippen LogP contribution in [-0.4, -0.2) is 56.6 Å². The molecule has 1 aliphatic heterocycles. The van der Waals surface area contributed by atoms with Gasteiger partial charge in [0.15, 0.2) is 18.1 Å². The van der Waals surface area contributed by atoms with Crippen LogP contribution in [0, 0.1) is 5.92 Å². The number of esters is 1. The summed E-state index contributed by atoms with van der Waals surface area (Å²) in [5.74, 6) is -0.407. The Morgan fingerprint density at radius 3 is 2.62 bits per heavy atom. The van der Waals surface area contributed by atoms with Crippen molar-refractivity contribution in [1.82, 2.24) is 10.2 Å². The van der Waals surface area contributed by atoms with E-state index in [-0.39, 0.29) is 24.9 Å². The topological polar surface area (TPSA) is 94.2 Å². The van der Waals surface area contributed by atoms with Gasteiger partial charge in [-0.2, -0.15) is 0 Å². The first-order chi connectivity index (χ1) is 16.3. The lowest BCUT2D eigenvalue weighted by Gasteiger charge is -2.17. The minimum Gasteiger partial charge on any atom is -0.493 e. The highest BCUT2D eigenvalue weighted by Gasteiger charge is 2.35. The maximum Gasteiger partial charge on any atom is 0.311 e. The van der Waals surface area contributed by atoms with Crippen molar-refractivity contribution < 1.29 is 28.6 Å². The van der Waals surface area contributed by atoms with Gasteiger partial charge in [-0.05, 0) is 48.7 Å². The van der Waals surface area contributed by atoms with Crippen molar-refractivity contribution in [2.45, 2.75) is 25.8 Å². The molecule has 2 aromatic carbocycles. The summed E-state index contributed by atoms with van der Waals surface area (Å²) in [6, 6.07) is 12.5. The van der Waals surface area contributed by atoms with E-state index in [1.807, 2.05) is 31.2 Å². The van der Waals surface area contributed by atoms with Crippen LogP contribution in [0.25, 0.3) is 0 Å². The normalized spacial score (nSPS) is 16.2. The number of likely N-dealkylation sites (tertiary alicyclic amines) is 1. The quantitative estimate of drug-likeness (QED) is 0.516. The van der Waals surface area contributed by atoms with Crippen LogP contribution in [0.15, 0.2) is 42.5 Å². The van der Waals surface area contributed by atoms with Gasteiger partial charge in [0.05, 0.1) is 26.2 Å². The third kappa shape index (κ3) is 6.63. The third-order valence-corrected chi connectivity index (χ3v) is 5.97. The first kappa shape index (κ1) is 25.4. The summed E-state index contributed by atoms with van der Waals surface area (Å²) in [7, 11) is 3.14. The van der Waals surface area contributed by atoms with E-state index in [1.165, 1.54) is 0 Å². The Labute approximate surface area is 204 Å². The van der Waals surface area contributed by atoms with Gasteiger partial charge in [0.2, 0.25) is 5.91 Å². The molecule has 0 aliphatic carbocycles. The predicted molar refractivity (Wildman–Crippen MR) is 127 cm³/mol. The summed E-state index contributed by atoms with van der Waals surface area (Å²) in [5.41, 5.74) is 1.83. The summed E-state index contributed by atoms with van der Waals surface area (Å²) >= 11 is 5.98. The van der Waals surface area contributed by atoms with Crippen LogP contribution in [0.1, 0.15) is 30.5 Å². The minimum absolute atomic E-state index is 0.0747. The van der Waals surface area contributed by atoms with Gasteiger partial charge in [-0.3, -0.25) is 14.4 Å². The van der Waals surface area contributed by atoms with Gasteiger partial charge in [0, 0.05) is 24.5 Å². The molecule has 34 heavy (non-hydrogen) atoms. The van der Waals surface area contributed by atoms with E-state index in [9.17, 15) is 14.4 Å². The van der Waals surface area contributed by atoms with Crippen LogP contribution in [0.5, 0.6) is 11.5 Å². The van der Waals surface area contributed by atoms with E-state index in [4.69, 9.17) is 25.8 Å². The van der Waals surface area contributed by atoms with Crippen LogP contribution in [-0.2, 0) is 25.5 Å². The molecule has 1 saturated heterocycles. The summed E-state index contributed by atoms with van der Waals surface area (Å²) in [5, 5.41) is 3.35. The molecule has 0 spiro atoms. The van der Waals surface area contributed by atoms with Gasteiger partial charge in [0.1, 0.15) is 0 Å². The van der Waals surface area contributed by atoms with Crippen molar-refractivity contribution in [2.24, 2.45) is 5.92 Å². The highest BCUT2D eigenvalue weighted by molar-refractivity contribution is 6.30. The number of carbonyl (C=O) groups is 3. The Kier molecular flexibility index (Phi) is 8.76. The first-order valence-corrected chi connectivity index (χ1v) is 11.4. The molecule has 0 saturated carbocycles. The summed E-state index contributed by atoms with van der Waals surface area (Å²) in [6.45, 7) is 2.15. The summed E-state index contributed by atoms with van der Waals surface area (Å²) in [6.07, 6.45) is 0.683. The second-order valence-electron chi connectivity index (χ2n) is 8.13. The molecule has 1 aliphatic rings. The van der Waals surface area contributed by atoms with Gasteiger partial charge in [-0.1, -0.05) is 29.8 Å². The van der Waals surface area contributed by atoms with Gasteiger partial charge >= 0.3 is 5.97 Å². The van der Waals surface area contributed by atoms with Crippen molar-refractivity contribution in [2.75, 3.05) is 33.9 Å². The van der Waals surface area contributed by atoms with Gasteiger partial charge < -0.3 is 24.4 Å². The lowest BCUT2D eigenvalue weighted by Crippen LogP contribution is -2.33. The van der Waals surface area contributed by atoms with Crippen LogP contribution >= 0.6 is 11.6 Å². The molecule has 0 unspecified atom stereocenters. The standard InChI is InChI=1S/C25H29ClN2O6/c1-16(18-5-4-6-20(26)12-18)27-23(29)15-34-25(31)19-13-24(30)28(14-19)10-9-17-7-8-21(32-2)22(11-17)33-3/h4-8,11-12,16,19H,9-10,13-15H2,1-3H3,(H,27,29)/t16-,19-/m1/s1. The molecule has 1 N–H and O–H groups in total. The van der Waals surface area contributed by atoms with E-state index < -0.39 is 24.4 Å². The van der Waals surface area contributed by atoms with Crippen molar-refractivity contribution in [3.8, 4) is 11.5 Å². The zero-order valence-corrected chi connectivity index (χ0v) is 20.3. The average Bonchev–Trinajstić information content (AvgIpc) is 3.21. The second-order valence-corrected chi connectivity index (χ2v) is 8.57. The Balaban J connectivity index is 1.45. The number of hydrogen-bond donors (Lipinski definition) is 1. The number of carbonyl (C=O) groups excluding carboxylic acids is 3. The molecule has 1 heterocycles. The van der Waals surface area contributed by atoms with Crippen molar-refractivity contribution in [3.63, 3.8) is 0 Å². The van der Waals surface area contributed by atoms with E-state index in [0.717, 1.165) is 11.1 Å². The molecule has 9 heteroatoms. The van der Waals surface area contributed by atoms with E-state index in [1.54, 1.807) is 37.3 Å². The molecule has 182 valence electrons. The molecule has 2 atom stereocenters. The third-order valence-electron chi connectivity index (χ3n) is 5.74. The highest BCUT2D eigenvalue weighted by Crippen LogP contribution is 2.28. The summed E-state index contributed by atoms with van der Waals surface area (Å²) < 4.78 is 15.7. The fraction of sp³-hybridized carbons (Fsp3) is 0.400. The number of nitrogens with one attached hydrogen (secondary N) is 1. The van der Waals surface area contributed by atoms with Crippen molar-refractivity contribution in [3.05, 3.63) is 58.6 Å². The monoisotopic (exact) mass is 488 g/mol. The number of methoxy groups -OCH3 is 2. The molecule has 2 aromatic rings. The van der Waals surface area contributed by atoms with Crippen LogP contribution in [0.2, 0.25) is 5.02 Å². The molecule has 1 fully saturated rings. The SMILES string of the molecule is COc1ccc(CCN2C[C@H](C(=O)OCC(=O)N[C@H](C)c3cccc(Cl)c3)CC2=O)cc1OC. The smallest absolute Gasteiger partial charge is 0.311 e. The number of benzene rings is 2. The molecule has 0 aromatic heterocycles. The van der Waals surface area contributed by atoms with E-state index in [0.29, 0.717) is 29.5 Å². The maximum absolute atomic E-state index is 12.4. The predicted octanol–water partition coefficient (Wildman–Crippen LogP) is 3.17. The number of nitrogens with zero attached hydrogens (tertiary/aromatic N) is 1. The first-order valence-electron chi connectivity index (χ1n) is 11.0. The van der Waals surface area contributed by atoms with Gasteiger partial charge in [0.25, 0.3) is 5.91 Å². The lowest BCUT2D eigenvalue weighted by molar-refractivity contribution is -0.152. The Morgan fingerprint density at radius 2 is 1.91 bits per heavy atom. The number of ether oxygens (including phenoxy) is 3. The van der Waals surface area contributed by atoms with Crippen LogP contribution in [0.3, 0.4) is 0 Å². The number of hydrogen-bond acceptors (Lipinski definition) is 6. The average molecular weight is 489 g/mol. The van der Waals surface area contributed by atoms with E-state index >= 15 is 0 Å². The Morgan fingerprint density at radius 1 is 1.15 bits per heavy atom. The Bertz CT molecular complexity index is 1040. The largest absolute Gasteiger partial charge is 0.493 e. The minimum atomic E-state index is -0.587. The molecular weight excluding hydrogens is 460 g/mol. The Hall–Kier alpha value is -3.26. The fourth-order valence-corrected chi connectivity index (χ4v) is 4.04. The van der Waals surface area contributed by atoms with Crippen molar-refractivity contribution in [1.29, 1.82) is 0 Å². The zero-order chi connectivity index (χ0) is 24.7.